The van der Waals surface area contributed by atoms with Crippen LogP contribution < -0.4 is 14.8 Å². The summed E-state index contributed by atoms with van der Waals surface area (Å²) in [6.45, 7) is 13.5. The Hall–Kier alpha value is -5.22. The Morgan fingerprint density at radius 2 is 1.04 bits per heavy atom. The summed E-state index contributed by atoms with van der Waals surface area (Å²) in [4.78, 5) is 39.4. The third kappa shape index (κ3) is 13.2. The maximum absolute atomic E-state index is 14.1. The molecule has 4 heterocycles. The van der Waals surface area contributed by atoms with Crippen molar-refractivity contribution in [2.24, 2.45) is 0 Å². The molecule has 2 amide bonds. The van der Waals surface area contributed by atoms with Crippen molar-refractivity contribution in [2.45, 2.75) is 70.5 Å². The van der Waals surface area contributed by atoms with E-state index in [1.54, 1.807) is 19.0 Å². The van der Waals surface area contributed by atoms with E-state index in [1.165, 1.54) is 0 Å². The number of halogens is 2. The van der Waals surface area contributed by atoms with Gasteiger partial charge in [-0.25, -0.2) is 0 Å². The smallest absolute Gasteiger partial charge is 0.241 e. The Morgan fingerprint density at radius 3 is 1.46 bits per heavy atom. The monoisotopic (exact) mass is 980 g/mol. The van der Waals surface area contributed by atoms with Gasteiger partial charge in [-0.1, -0.05) is 57.8 Å². The van der Waals surface area contributed by atoms with Gasteiger partial charge in [0.25, 0.3) is 0 Å². The maximum Gasteiger partial charge on any atom is 0.241 e. The molecule has 0 aliphatic carbocycles. The number of rotatable bonds is 22. The van der Waals surface area contributed by atoms with Gasteiger partial charge >= 0.3 is 0 Å². The summed E-state index contributed by atoms with van der Waals surface area (Å²) >= 11 is 12.1. The van der Waals surface area contributed by atoms with E-state index in [9.17, 15) is 9.59 Å². The van der Waals surface area contributed by atoms with Gasteiger partial charge in [0, 0.05) is 117 Å². The van der Waals surface area contributed by atoms with Crippen LogP contribution >= 0.6 is 23.2 Å². The molecule has 16 heteroatoms. The van der Waals surface area contributed by atoms with Crippen molar-refractivity contribution in [3.05, 3.63) is 95.0 Å². The zero-order valence-corrected chi connectivity index (χ0v) is 41.9. The first kappa shape index (κ1) is 50.2. The number of likely N-dealkylation sites (N-methyl/N-ethyl adjacent to an activating group) is 1. The summed E-state index contributed by atoms with van der Waals surface area (Å²) in [5, 5.41) is 15.0. The molecule has 8 rings (SSSR count). The molecular formula is C53H66Cl2N8O6. The van der Waals surface area contributed by atoms with Gasteiger partial charge in [0.15, 0.2) is 11.2 Å². The van der Waals surface area contributed by atoms with Crippen molar-refractivity contribution in [1.82, 2.24) is 40.1 Å². The number of benzene rings is 4. The minimum absolute atomic E-state index is 0.0232. The van der Waals surface area contributed by atoms with Gasteiger partial charge in [0.1, 0.15) is 35.0 Å². The number of hydrogen-bond acceptors (Lipinski definition) is 12. The predicted molar refractivity (Wildman–Crippen MR) is 273 cm³/mol. The highest BCUT2D eigenvalue weighted by Crippen LogP contribution is 2.33. The van der Waals surface area contributed by atoms with E-state index < -0.39 is 12.1 Å². The molecule has 0 spiro atoms. The molecule has 6 aromatic rings. The highest BCUT2D eigenvalue weighted by Gasteiger charge is 2.44. The number of aromatic nitrogens is 2. The number of piperazine rings is 2. The zero-order valence-electron chi connectivity index (χ0n) is 40.4. The van der Waals surface area contributed by atoms with Crippen LogP contribution in [0.4, 0.5) is 0 Å². The summed E-state index contributed by atoms with van der Waals surface area (Å²) in [7, 11) is 3.60. The summed E-state index contributed by atoms with van der Waals surface area (Å²) in [6, 6.07) is 25.7. The number of carbonyl (C=O) groups is 2. The Balaban J connectivity index is 0.755. The summed E-state index contributed by atoms with van der Waals surface area (Å²) in [5.41, 5.74) is 4.84. The topological polar surface area (TPSA) is 133 Å². The molecule has 2 saturated heterocycles. The van der Waals surface area contributed by atoms with E-state index in [4.69, 9.17) is 41.7 Å². The van der Waals surface area contributed by atoms with Crippen LogP contribution in [0.2, 0.25) is 10.0 Å². The Labute approximate surface area is 415 Å². The van der Waals surface area contributed by atoms with Crippen LogP contribution in [-0.2, 0) is 9.59 Å². The quantitative estimate of drug-likeness (QED) is 0.0652. The van der Waals surface area contributed by atoms with Crippen molar-refractivity contribution in [2.75, 3.05) is 92.8 Å². The fourth-order valence-corrected chi connectivity index (χ4v) is 9.67. The Bertz CT molecular complexity index is 2590. The number of hydrogen-bond donors (Lipinski definition) is 1. The first-order valence-corrected chi connectivity index (χ1v) is 25.3. The van der Waals surface area contributed by atoms with Crippen molar-refractivity contribution >= 4 is 57.0 Å². The summed E-state index contributed by atoms with van der Waals surface area (Å²) < 4.78 is 23.4. The predicted octanol–water partition coefficient (Wildman–Crippen LogP) is 8.99. The third-order valence-electron chi connectivity index (χ3n) is 13.2. The lowest BCUT2D eigenvalue weighted by molar-refractivity contribution is -0.145. The van der Waals surface area contributed by atoms with Gasteiger partial charge < -0.3 is 38.5 Å². The molecule has 2 aliphatic heterocycles. The molecule has 0 bridgehead atoms. The van der Waals surface area contributed by atoms with Crippen LogP contribution in [0.1, 0.15) is 52.4 Å². The Morgan fingerprint density at radius 1 is 0.609 bits per heavy atom. The van der Waals surface area contributed by atoms with Crippen molar-refractivity contribution in [3.8, 4) is 34.0 Å². The molecule has 4 aromatic carbocycles. The number of fused-ring (bicyclic) bond motifs is 2. The zero-order chi connectivity index (χ0) is 48.3. The molecule has 368 valence electrons. The molecule has 2 aliphatic rings. The number of carbonyl (C=O) groups excluding carboxylic acids is 2. The van der Waals surface area contributed by atoms with Crippen LogP contribution in [-0.4, -0.2) is 158 Å². The lowest BCUT2D eigenvalue weighted by atomic mass is 9.99. The average Bonchev–Trinajstić information content (AvgIpc) is 3.98. The van der Waals surface area contributed by atoms with Crippen LogP contribution in [0.25, 0.3) is 44.5 Å². The SMILES string of the molecule is CC(C)NC(=O)C(C(C(=O)N(C)C)N1CCN(CCCCCOc2ccc3c(-c4ccc(Cl)cc4)noc3c2)CC1)N1CCN(CCCCCOc2ccc3c(-c4ccc(Cl)cc4)noc3c2)CC1. The molecular weight excluding hydrogens is 916 g/mol. The average molecular weight is 982 g/mol. The van der Waals surface area contributed by atoms with Crippen LogP contribution in [0, 0.1) is 0 Å². The molecule has 2 unspecified atom stereocenters. The van der Waals surface area contributed by atoms with Crippen LogP contribution in [0.5, 0.6) is 11.5 Å². The van der Waals surface area contributed by atoms with E-state index in [0.717, 1.165) is 149 Å². The fourth-order valence-electron chi connectivity index (χ4n) is 9.42. The first-order chi connectivity index (χ1) is 33.5. The van der Waals surface area contributed by atoms with Gasteiger partial charge in [0.05, 0.1) is 13.2 Å². The number of nitrogens with zero attached hydrogens (tertiary/aromatic N) is 7. The van der Waals surface area contributed by atoms with E-state index in [0.29, 0.717) is 34.4 Å². The molecule has 2 fully saturated rings. The lowest BCUT2D eigenvalue weighted by Crippen LogP contribution is -2.68. The second kappa shape index (κ2) is 24.1. The minimum atomic E-state index is -0.580. The second-order valence-electron chi connectivity index (χ2n) is 18.8. The molecule has 2 aromatic heterocycles. The van der Waals surface area contributed by atoms with Crippen molar-refractivity contribution in [1.29, 1.82) is 0 Å². The number of ether oxygens (including phenoxy) is 2. The van der Waals surface area contributed by atoms with E-state index >= 15 is 0 Å². The third-order valence-corrected chi connectivity index (χ3v) is 13.7. The molecule has 0 saturated carbocycles. The molecule has 14 nitrogen and oxygen atoms in total. The van der Waals surface area contributed by atoms with Crippen LogP contribution in [0.3, 0.4) is 0 Å². The highest BCUT2D eigenvalue weighted by atomic mass is 35.5. The standard InChI is InChI=1S/C53H66Cl2N8O6/c1-37(2)56-52(64)50(62-29-25-60(26-30-62)23-7-5-9-33-66-42-19-21-44-46(35-42)68-57-48(44)38-11-15-40(54)16-12-38)51(53(65)59(3)4)63-31-27-61(28-32-63)24-8-6-10-34-67-43-20-22-45-47(36-43)69-58-49(45)39-13-17-41(55)18-14-39/h11-22,35-37,50-51H,5-10,23-34H2,1-4H3,(H,56,64). The number of nitrogens with one attached hydrogen (secondary N) is 1. The van der Waals surface area contributed by atoms with E-state index in [2.05, 4.69) is 35.2 Å². The van der Waals surface area contributed by atoms with E-state index in [-0.39, 0.29) is 17.9 Å². The van der Waals surface area contributed by atoms with Gasteiger partial charge in [-0.05, 0) is 114 Å². The van der Waals surface area contributed by atoms with Gasteiger partial charge in [0.2, 0.25) is 11.8 Å². The molecule has 2 atom stereocenters. The van der Waals surface area contributed by atoms with Crippen molar-refractivity contribution < 1.29 is 28.1 Å². The largest absolute Gasteiger partial charge is 0.493 e. The summed E-state index contributed by atoms with van der Waals surface area (Å²) in [5.74, 6) is 1.43. The van der Waals surface area contributed by atoms with Crippen molar-refractivity contribution in [3.63, 3.8) is 0 Å². The number of unbranched alkanes of at least 4 members (excludes halogenated alkanes) is 4. The van der Waals surface area contributed by atoms with Gasteiger partial charge in [-0.15, -0.1) is 0 Å². The fraction of sp³-hybridized carbons (Fsp3) is 0.472. The minimum Gasteiger partial charge on any atom is -0.493 e. The normalized spacial score (nSPS) is 16.3. The van der Waals surface area contributed by atoms with E-state index in [1.807, 2.05) is 98.8 Å². The van der Waals surface area contributed by atoms with Gasteiger partial charge in [-0.2, -0.15) is 0 Å². The lowest BCUT2D eigenvalue weighted by Gasteiger charge is -2.46. The number of amides is 2. The maximum atomic E-state index is 14.1. The highest BCUT2D eigenvalue weighted by molar-refractivity contribution is 6.31. The second-order valence-corrected chi connectivity index (χ2v) is 19.6. The molecule has 0 radical (unpaired) electrons. The summed E-state index contributed by atoms with van der Waals surface area (Å²) in [6.07, 6.45) is 6.08. The van der Waals surface area contributed by atoms with Crippen LogP contribution in [0.15, 0.2) is 94.0 Å². The van der Waals surface area contributed by atoms with Gasteiger partial charge in [-0.3, -0.25) is 19.4 Å². The first-order valence-electron chi connectivity index (χ1n) is 24.5. The molecule has 69 heavy (non-hydrogen) atoms. The Kier molecular flexibility index (Phi) is 17.5. The molecule has 1 N–H and O–H groups in total.